The number of ether oxygens (including phenoxy) is 1. The second kappa shape index (κ2) is 8.66. The zero-order valence-corrected chi connectivity index (χ0v) is 17.3. The molecule has 2 aromatic heterocycles. The monoisotopic (exact) mass is 415 g/mol. The van der Waals surface area contributed by atoms with Crippen LogP contribution in [0.25, 0.3) is 11.5 Å². The van der Waals surface area contributed by atoms with E-state index < -0.39 is 10.0 Å². The minimum atomic E-state index is -3.63. The highest BCUT2D eigenvalue weighted by Crippen LogP contribution is 2.22. The lowest BCUT2D eigenvalue weighted by Crippen LogP contribution is -2.49. The van der Waals surface area contributed by atoms with Crippen molar-refractivity contribution >= 4 is 10.0 Å². The Morgan fingerprint density at radius 1 is 1.14 bits per heavy atom. The standard InChI is InChI=1S/C20H25N5O3S/c1-16-19(13-22-20(23-16)18-6-2-3-7-21-18)29(26,27)25-10-8-24(9-11-25)14-17-5-4-12-28-15-17/h2-3,5-7,13H,4,8-12,14-15H2,1H3. The van der Waals surface area contributed by atoms with Crippen LogP contribution in [0.2, 0.25) is 0 Å². The molecule has 4 heterocycles. The lowest BCUT2D eigenvalue weighted by molar-refractivity contribution is 0.135. The van der Waals surface area contributed by atoms with Gasteiger partial charge in [-0.1, -0.05) is 12.1 Å². The van der Waals surface area contributed by atoms with Crippen LogP contribution >= 0.6 is 0 Å². The zero-order chi connectivity index (χ0) is 20.3. The Kier molecular flexibility index (Phi) is 6.00. The van der Waals surface area contributed by atoms with E-state index in [-0.39, 0.29) is 4.90 Å². The van der Waals surface area contributed by atoms with Crippen LogP contribution in [0.5, 0.6) is 0 Å². The van der Waals surface area contributed by atoms with E-state index in [1.54, 1.807) is 19.2 Å². The largest absolute Gasteiger partial charge is 0.377 e. The molecular formula is C20H25N5O3S. The van der Waals surface area contributed by atoms with Crippen molar-refractivity contribution in [1.82, 2.24) is 24.2 Å². The van der Waals surface area contributed by atoms with Gasteiger partial charge in [-0.3, -0.25) is 9.88 Å². The van der Waals surface area contributed by atoms with Crippen molar-refractivity contribution in [2.24, 2.45) is 0 Å². The van der Waals surface area contributed by atoms with Gasteiger partial charge in [-0.05, 0) is 31.1 Å². The summed E-state index contributed by atoms with van der Waals surface area (Å²) in [5.74, 6) is 0.426. The molecule has 0 radical (unpaired) electrons. The van der Waals surface area contributed by atoms with Gasteiger partial charge < -0.3 is 4.74 Å². The van der Waals surface area contributed by atoms with Gasteiger partial charge >= 0.3 is 0 Å². The molecule has 0 unspecified atom stereocenters. The number of rotatable bonds is 5. The topological polar surface area (TPSA) is 88.5 Å². The van der Waals surface area contributed by atoms with Gasteiger partial charge in [-0.15, -0.1) is 0 Å². The SMILES string of the molecule is Cc1nc(-c2ccccn2)ncc1S(=O)(=O)N1CCN(CC2=CCCOC2)CC1. The van der Waals surface area contributed by atoms with Crippen molar-refractivity contribution in [3.63, 3.8) is 0 Å². The Morgan fingerprint density at radius 3 is 2.62 bits per heavy atom. The molecule has 2 aliphatic rings. The van der Waals surface area contributed by atoms with E-state index in [1.165, 1.54) is 16.1 Å². The van der Waals surface area contributed by atoms with Gasteiger partial charge in [-0.25, -0.2) is 18.4 Å². The van der Waals surface area contributed by atoms with Crippen LogP contribution in [0.3, 0.4) is 0 Å². The first-order valence-electron chi connectivity index (χ1n) is 9.77. The summed E-state index contributed by atoms with van der Waals surface area (Å²) in [6, 6.07) is 5.46. The van der Waals surface area contributed by atoms with Crippen LogP contribution in [-0.2, 0) is 14.8 Å². The molecule has 0 aromatic carbocycles. The highest BCUT2D eigenvalue weighted by molar-refractivity contribution is 7.89. The van der Waals surface area contributed by atoms with Gasteiger partial charge in [0.1, 0.15) is 10.6 Å². The van der Waals surface area contributed by atoms with E-state index in [2.05, 4.69) is 25.9 Å². The second-order valence-corrected chi connectivity index (χ2v) is 9.15. The molecule has 2 aliphatic heterocycles. The van der Waals surface area contributed by atoms with E-state index >= 15 is 0 Å². The Bertz CT molecular complexity index is 986. The minimum Gasteiger partial charge on any atom is -0.377 e. The number of nitrogens with zero attached hydrogens (tertiary/aromatic N) is 5. The number of aromatic nitrogens is 3. The minimum absolute atomic E-state index is 0.161. The first kappa shape index (κ1) is 20.1. The van der Waals surface area contributed by atoms with Crippen LogP contribution in [0.1, 0.15) is 12.1 Å². The summed E-state index contributed by atoms with van der Waals surface area (Å²) >= 11 is 0. The van der Waals surface area contributed by atoms with E-state index in [1.807, 2.05) is 12.1 Å². The predicted molar refractivity (Wildman–Crippen MR) is 109 cm³/mol. The molecular weight excluding hydrogens is 390 g/mol. The van der Waals surface area contributed by atoms with E-state index in [4.69, 9.17) is 4.74 Å². The Morgan fingerprint density at radius 2 is 1.97 bits per heavy atom. The molecule has 0 aliphatic carbocycles. The van der Waals surface area contributed by atoms with E-state index in [9.17, 15) is 8.42 Å². The van der Waals surface area contributed by atoms with Crippen LogP contribution in [0.15, 0.2) is 47.1 Å². The van der Waals surface area contributed by atoms with Crippen molar-refractivity contribution in [3.05, 3.63) is 47.9 Å². The maximum Gasteiger partial charge on any atom is 0.246 e. The van der Waals surface area contributed by atoms with Crippen molar-refractivity contribution < 1.29 is 13.2 Å². The Labute approximate surface area is 171 Å². The van der Waals surface area contributed by atoms with Gasteiger partial charge in [0.2, 0.25) is 10.0 Å². The summed E-state index contributed by atoms with van der Waals surface area (Å²) in [4.78, 5) is 15.3. The highest BCUT2D eigenvalue weighted by atomic mass is 32.2. The summed E-state index contributed by atoms with van der Waals surface area (Å²) in [5, 5.41) is 0. The van der Waals surface area contributed by atoms with E-state index in [0.717, 1.165) is 19.6 Å². The number of hydrogen-bond donors (Lipinski definition) is 0. The van der Waals surface area contributed by atoms with Crippen LogP contribution in [-0.4, -0.2) is 78.5 Å². The third-order valence-corrected chi connectivity index (χ3v) is 7.19. The normalized spacial score (nSPS) is 19.1. The molecule has 1 fully saturated rings. The fourth-order valence-corrected chi connectivity index (χ4v) is 5.13. The predicted octanol–water partition coefficient (Wildman–Crippen LogP) is 1.50. The average molecular weight is 416 g/mol. The molecule has 0 atom stereocenters. The fraction of sp³-hybridized carbons (Fsp3) is 0.450. The number of piperazine rings is 1. The highest BCUT2D eigenvalue weighted by Gasteiger charge is 2.31. The summed E-state index contributed by atoms with van der Waals surface area (Å²) in [6.45, 7) is 6.32. The third kappa shape index (κ3) is 4.53. The third-order valence-electron chi connectivity index (χ3n) is 5.19. The maximum atomic E-state index is 13.1. The Hall–Kier alpha value is -2.20. The number of pyridine rings is 1. The van der Waals surface area contributed by atoms with Gasteiger partial charge in [0.05, 0.1) is 25.1 Å². The molecule has 29 heavy (non-hydrogen) atoms. The molecule has 0 amide bonds. The number of hydrogen-bond acceptors (Lipinski definition) is 7. The van der Waals surface area contributed by atoms with Crippen LogP contribution in [0.4, 0.5) is 0 Å². The molecule has 1 saturated heterocycles. The first-order valence-corrected chi connectivity index (χ1v) is 11.2. The maximum absolute atomic E-state index is 13.1. The molecule has 0 spiro atoms. The first-order chi connectivity index (χ1) is 14.0. The van der Waals surface area contributed by atoms with Gasteiger partial charge in [0.15, 0.2) is 5.82 Å². The summed E-state index contributed by atoms with van der Waals surface area (Å²) in [7, 11) is -3.63. The summed E-state index contributed by atoms with van der Waals surface area (Å²) in [5.41, 5.74) is 2.34. The quantitative estimate of drug-likeness (QED) is 0.684. The molecule has 9 heteroatoms. The average Bonchev–Trinajstić information content (AvgIpc) is 2.75. The van der Waals surface area contributed by atoms with Gasteiger partial charge in [0.25, 0.3) is 0 Å². The fourth-order valence-electron chi connectivity index (χ4n) is 3.60. The molecule has 8 nitrogen and oxygen atoms in total. The molecule has 0 saturated carbocycles. The van der Waals surface area contributed by atoms with Gasteiger partial charge in [-0.2, -0.15) is 4.31 Å². The summed E-state index contributed by atoms with van der Waals surface area (Å²) in [6.07, 6.45) is 6.25. The van der Waals surface area contributed by atoms with Crippen LogP contribution in [0, 0.1) is 6.92 Å². The van der Waals surface area contributed by atoms with Crippen molar-refractivity contribution in [3.8, 4) is 11.5 Å². The summed E-state index contributed by atoms with van der Waals surface area (Å²) < 4.78 is 33.3. The van der Waals surface area contributed by atoms with Crippen LogP contribution < -0.4 is 0 Å². The molecule has 154 valence electrons. The smallest absolute Gasteiger partial charge is 0.246 e. The lowest BCUT2D eigenvalue weighted by Gasteiger charge is -2.34. The second-order valence-electron chi connectivity index (χ2n) is 7.24. The number of aryl methyl sites for hydroxylation is 1. The molecule has 2 aromatic rings. The van der Waals surface area contributed by atoms with E-state index in [0.29, 0.717) is 50.0 Å². The molecule has 4 rings (SSSR count). The molecule has 0 N–H and O–H groups in total. The van der Waals surface area contributed by atoms with Crippen molar-refractivity contribution in [2.45, 2.75) is 18.2 Å². The molecule has 0 bridgehead atoms. The van der Waals surface area contributed by atoms with Crippen molar-refractivity contribution in [1.29, 1.82) is 0 Å². The zero-order valence-electron chi connectivity index (χ0n) is 16.5. The van der Waals surface area contributed by atoms with Crippen molar-refractivity contribution in [2.75, 3.05) is 45.9 Å². The Balaban J connectivity index is 1.44. The number of sulfonamides is 1. The lowest BCUT2D eigenvalue weighted by atomic mass is 10.2. The van der Waals surface area contributed by atoms with Gasteiger partial charge in [0, 0.05) is 38.9 Å².